The summed E-state index contributed by atoms with van der Waals surface area (Å²) in [6.07, 6.45) is 2.24. The van der Waals surface area contributed by atoms with Crippen LogP contribution in [0.25, 0.3) is 11.4 Å². The summed E-state index contributed by atoms with van der Waals surface area (Å²) in [6.45, 7) is 3.97. The van der Waals surface area contributed by atoms with Crippen molar-refractivity contribution in [2.75, 3.05) is 25.0 Å². The summed E-state index contributed by atoms with van der Waals surface area (Å²) < 4.78 is 0. The third-order valence-corrected chi connectivity index (χ3v) is 4.59. The highest BCUT2D eigenvalue weighted by Crippen LogP contribution is 2.27. The van der Waals surface area contributed by atoms with E-state index < -0.39 is 0 Å². The number of aromatic nitrogens is 3. The van der Waals surface area contributed by atoms with E-state index in [0.717, 1.165) is 53.9 Å². The Morgan fingerprint density at radius 3 is 2.81 bits per heavy atom. The van der Waals surface area contributed by atoms with Crippen LogP contribution in [0.1, 0.15) is 18.4 Å². The molecule has 3 rings (SSSR count). The van der Waals surface area contributed by atoms with E-state index in [1.165, 1.54) is 0 Å². The van der Waals surface area contributed by atoms with Gasteiger partial charge in [-0.25, -0.2) is 0 Å². The maximum atomic E-state index is 6.17. The average molecular weight is 306 g/mol. The number of piperidine rings is 1. The van der Waals surface area contributed by atoms with Gasteiger partial charge < -0.3 is 10.2 Å². The van der Waals surface area contributed by atoms with E-state index in [-0.39, 0.29) is 0 Å². The van der Waals surface area contributed by atoms with Gasteiger partial charge in [-0.3, -0.25) is 5.10 Å². The summed E-state index contributed by atoms with van der Waals surface area (Å²) in [6, 6.07) is 6.44. The molecule has 0 atom stereocenters. The van der Waals surface area contributed by atoms with Crippen molar-refractivity contribution in [3.63, 3.8) is 0 Å². The van der Waals surface area contributed by atoms with Crippen LogP contribution in [0.2, 0.25) is 5.02 Å². The van der Waals surface area contributed by atoms with Crippen molar-refractivity contribution in [2.24, 2.45) is 0 Å². The number of H-pyrrole nitrogens is 1. The second-order valence-electron chi connectivity index (χ2n) is 5.45. The van der Waals surface area contributed by atoms with Crippen LogP contribution in [0.15, 0.2) is 18.2 Å². The highest BCUT2D eigenvalue weighted by Gasteiger charge is 2.21. The minimum atomic E-state index is 0.606. The highest BCUT2D eigenvalue weighted by molar-refractivity contribution is 6.31. The first kappa shape index (κ1) is 14.4. The van der Waals surface area contributed by atoms with Crippen molar-refractivity contribution in [2.45, 2.75) is 25.8 Å². The second kappa shape index (κ2) is 6.03. The fraction of sp³-hybridized carbons (Fsp3) is 0.467. The molecule has 2 aromatic rings. The molecule has 112 valence electrons. The van der Waals surface area contributed by atoms with E-state index in [1.54, 1.807) is 0 Å². The number of benzene rings is 1. The molecule has 0 saturated carbocycles. The first-order valence-corrected chi connectivity index (χ1v) is 7.67. The normalized spacial score (nSPS) is 16.4. The lowest BCUT2D eigenvalue weighted by molar-refractivity contribution is 0.439. The number of hydrogen-bond donors (Lipinski definition) is 2. The minimum absolute atomic E-state index is 0.606. The standard InChI is InChI=1S/C15H20ClN5/c1-10-12(4-3-5-13(10)16)14-18-15(20-19-14)21-8-6-11(17-2)7-9-21/h3-5,11,17H,6-9H2,1-2H3,(H,18,19,20). The van der Waals surface area contributed by atoms with Gasteiger partial charge in [-0.2, -0.15) is 4.98 Å². The van der Waals surface area contributed by atoms with Gasteiger partial charge in [-0.15, -0.1) is 5.10 Å². The molecule has 1 aliphatic heterocycles. The maximum absolute atomic E-state index is 6.17. The number of hydrogen-bond acceptors (Lipinski definition) is 4. The molecule has 0 amide bonds. The van der Waals surface area contributed by atoms with Crippen molar-refractivity contribution in [3.05, 3.63) is 28.8 Å². The zero-order valence-electron chi connectivity index (χ0n) is 12.4. The summed E-state index contributed by atoms with van der Waals surface area (Å²) >= 11 is 6.17. The Morgan fingerprint density at radius 2 is 2.10 bits per heavy atom. The molecule has 0 unspecified atom stereocenters. The monoisotopic (exact) mass is 305 g/mol. The minimum Gasteiger partial charge on any atom is -0.339 e. The molecule has 1 aliphatic rings. The first-order chi connectivity index (χ1) is 10.2. The van der Waals surface area contributed by atoms with Crippen LogP contribution in [0.3, 0.4) is 0 Å². The second-order valence-corrected chi connectivity index (χ2v) is 5.85. The van der Waals surface area contributed by atoms with E-state index in [4.69, 9.17) is 11.6 Å². The van der Waals surface area contributed by atoms with Gasteiger partial charge >= 0.3 is 0 Å². The third kappa shape index (κ3) is 2.89. The van der Waals surface area contributed by atoms with Crippen molar-refractivity contribution in [1.82, 2.24) is 20.5 Å². The predicted molar refractivity (Wildman–Crippen MR) is 85.9 cm³/mol. The smallest absolute Gasteiger partial charge is 0.245 e. The van der Waals surface area contributed by atoms with Gasteiger partial charge in [0.1, 0.15) is 0 Å². The molecule has 1 aromatic heterocycles. The summed E-state index contributed by atoms with van der Waals surface area (Å²) in [5.41, 5.74) is 2.03. The fourth-order valence-electron chi connectivity index (χ4n) is 2.75. The van der Waals surface area contributed by atoms with Crippen LogP contribution in [0.5, 0.6) is 0 Å². The average Bonchev–Trinajstić information content (AvgIpc) is 3.00. The lowest BCUT2D eigenvalue weighted by Crippen LogP contribution is -2.41. The van der Waals surface area contributed by atoms with Gasteiger partial charge in [-0.1, -0.05) is 23.7 Å². The predicted octanol–water partition coefficient (Wildman–Crippen LogP) is 2.62. The van der Waals surface area contributed by atoms with Crippen LogP contribution >= 0.6 is 11.6 Å². The molecule has 0 aliphatic carbocycles. The van der Waals surface area contributed by atoms with Crippen molar-refractivity contribution >= 4 is 17.5 Å². The lowest BCUT2D eigenvalue weighted by atomic mass is 10.1. The largest absolute Gasteiger partial charge is 0.339 e. The Kier molecular flexibility index (Phi) is 4.12. The Bertz CT molecular complexity index is 616. The topological polar surface area (TPSA) is 56.8 Å². The summed E-state index contributed by atoms with van der Waals surface area (Å²) in [5.74, 6) is 1.56. The molecule has 0 radical (unpaired) electrons. The number of halogens is 1. The zero-order valence-corrected chi connectivity index (χ0v) is 13.1. The summed E-state index contributed by atoms with van der Waals surface area (Å²) in [7, 11) is 2.02. The molecule has 6 heteroatoms. The van der Waals surface area contributed by atoms with E-state index in [2.05, 4.69) is 25.4 Å². The van der Waals surface area contributed by atoms with Crippen molar-refractivity contribution < 1.29 is 0 Å². The zero-order chi connectivity index (χ0) is 14.8. The van der Waals surface area contributed by atoms with Crippen molar-refractivity contribution in [1.29, 1.82) is 0 Å². The van der Waals surface area contributed by atoms with Gasteiger partial charge in [0.15, 0.2) is 5.82 Å². The molecular weight excluding hydrogens is 286 g/mol. The lowest BCUT2D eigenvalue weighted by Gasteiger charge is -2.30. The van der Waals surface area contributed by atoms with E-state index >= 15 is 0 Å². The van der Waals surface area contributed by atoms with Crippen molar-refractivity contribution in [3.8, 4) is 11.4 Å². The van der Waals surface area contributed by atoms with Crippen LogP contribution < -0.4 is 10.2 Å². The van der Waals surface area contributed by atoms with Crippen LogP contribution in [-0.4, -0.2) is 41.4 Å². The summed E-state index contributed by atoms with van der Waals surface area (Å²) in [4.78, 5) is 6.87. The molecule has 1 fully saturated rings. The maximum Gasteiger partial charge on any atom is 0.245 e. The molecule has 21 heavy (non-hydrogen) atoms. The van der Waals surface area contributed by atoms with E-state index in [0.29, 0.717) is 6.04 Å². The van der Waals surface area contributed by atoms with E-state index in [9.17, 15) is 0 Å². The Balaban J connectivity index is 1.79. The van der Waals surface area contributed by atoms with Crippen LogP contribution in [0, 0.1) is 6.92 Å². The Morgan fingerprint density at radius 1 is 1.33 bits per heavy atom. The van der Waals surface area contributed by atoms with Gasteiger partial charge in [0, 0.05) is 29.7 Å². The van der Waals surface area contributed by atoms with Gasteiger partial charge in [0.25, 0.3) is 0 Å². The number of nitrogens with zero attached hydrogens (tertiary/aromatic N) is 3. The molecule has 2 N–H and O–H groups in total. The van der Waals surface area contributed by atoms with Gasteiger partial charge in [0.05, 0.1) is 0 Å². The molecule has 1 aromatic carbocycles. The number of anilines is 1. The fourth-order valence-corrected chi connectivity index (χ4v) is 2.92. The molecule has 5 nitrogen and oxygen atoms in total. The van der Waals surface area contributed by atoms with Gasteiger partial charge in [-0.05, 0) is 38.4 Å². The Hall–Kier alpha value is -1.59. The molecule has 0 bridgehead atoms. The molecule has 2 heterocycles. The third-order valence-electron chi connectivity index (χ3n) is 4.18. The quantitative estimate of drug-likeness (QED) is 0.915. The number of aromatic amines is 1. The molecule has 0 spiro atoms. The number of nitrogens with one attached hydrogen (secondary N) is 2. The first-order valence-electron chi connectivity index (χ1n) is 7.29. The molecule has 1 saturated heterocycles. The SMILES string of the molecule is CNC1CCN(c2n[nH]c(-c3cccc(Cl)c3C)n2)CC1. The highest BCUT2D eigenvalue weighted by atomic mass is 35.5. The number of rotatable bonds is 3. The summed E-state index contributed by atoms with van der Waals surface area (Å²) in [5, 5.41) is 11.5. The van der Waals surface area contributed by atoms with Crippen LogP contribution in [0.4, 0.5) is 5.95 Å². The van der Waals surface area contributed by atoms with Crippen LogP contribution in [-0.2, 0) is 0 Å². The molecular formula is C15H20ClN5. The Labute approximate surface area is 129 Å². The van der Waals surface area contributed by atoms with E-state index in [1.807, 2.05) is 32.2 Å². The van der Waals surface area contributed by atoms with Gasteiger partial charge in [0.2, 0.25) is 5.95 Å².